The normalized spacial score (nSPS) is 15.4. The van der Waals surface area contributed by atoms with Gasteiger partial charge in [0.15, 0.2) is 17.3 Å². The Balaban J connectivity index is 1.47. The van der Waals surface area contributed by atoms with E-state index >= 15 is 0 Å². The molecule has 1 aliphatic rings. The molecule has 3 aromatic heterocycles. The average Bonchev–Trinajstić information content (AvgIpc) is 3.33. The summed E-state index contributed by atoms with van der Waals surface area (Å²) >= 11 is 0. The Morgan fingerprint density at radius 3 is 2.92 bits per heavy atom. The van der Waals surface area contributed by atoms with E-state index in [-0.39, 0.29) is 11.8 Å². The van der Waals surface area contributed by atoms with Crippen LogP contribution in [0.15, 0.2) is 22.9 Å². The number of aromatic nitrogens is 5. The van der Waals surface area contributed by atoms with Crippen LogP contribution in [0.25, 0.3) is 17.1 Å². The minimum absolute atomic E-state index is 0.121. The summed E-state index contributed by atoms with van der Waals surface area (Å²) in [5.41, 5.74) is 1.48. The number of amides is 1. The standard InChI is InChI=1S/C18H22N6O2/c1-2-14-20-18(26-23-14)13-8-9-24-15(10-13)21-22-16(24)11-19-17(25)12-6-4-3-5-7-12/h8-10,12H,2-7,11H2,1H3,(H,19,25). The second-order valence-electron chi connectivity index (χ2n) is 6.68. The first-order valence-electron chi connectivity index (χ1n) is 9.19. The maximum absolute atomic E-state index is 12.3. The van der Waals surface area contributed by atoms with Gasteiger partial charge in [-0.3, -0.25) is 9.20 Å². The van der Waals surface area contributed by atoms with Crippen molar-refractivity contribution >= 4 is 11.6 Å². The van der Waals surface area contributed by atoms with Crippen LogP contribution in [0.1, 0.15) is 50.7 Å². The van der Waals surface area contributed by atoms with Crippen LogP contribution in [-0.4, -0.2) is 30.6 Å². The minimum atomic E-state index is 0.121. The molecule has 0 aliphatic heterocycles. The van der Waals surface area contributed by atoms with Crippen LogP contribution in [0.2, 0.25) is 0 Å². The van der Waals surface area contributed by atoms with Crippen LogP contribution < -0.4 is 5.32 Å². The van der Waals surface area contributed by atoms with E-state index in [0.717, 1.165) is 37.7 Å². The number of hydrogen-bond donors (Lipinski definition) is 1. The van der Waals surface area contributed by atoms with Crippen molar-refractivity contribution in [3.05, 3.63) is 30.0 Å². The zero-order chi connectivity index (χ0) is 17.9. The van der Waals surface area contributed by atoms with E-state index < -0.39 is 0 Å². The first kappa shape index (κ1) is 16.7. The average molecular weight is 354 g/mol. The summed E-state index contributed by atoms with van der Waals surface area (Å²) in [5.74, 6) is 2.11. The van der Waals surface area contributed by atoms with Crippen molar-refractivity contribution in [3.63, 3.8) is 0 Å². The maximum atomic E-state index is 12.3. The zero-order valence-corrected chi connectivity index (χ0v) is 14.8. The fourth-order valence-corrected chi connectivity index (χ4v) is 3.38. The van der Waals surface area contributed by atoms with E-state index in [1.165, 1.54) is 6.42 Å². The van der Waals surface area contributed by atoms with Gasteiger partial charge in [0.25, 0.3) is 5.89 Å². The van der Waals surface area contributed by atoms with Gasteiger partial charge >= 0.3 is 0 Å². The van der Waals surface area contributed by atoms with Crippen LogP contribution in [0.4, 0.5) is 0 Å². The van der Waals surface area contributed by atoms with Gasteiger partial charge in [-0.2, -0.15) is 4.98 Å². The van der Waals surface area contributed by atoms with E-state index in [4.69, 9.17) is 4.52 Å². The molecule has 1 fully saturated rings. The molecular formula is C18H22N6O2. The minimum Gasteiger partial charge on any atom is -0.349 e. The van der Waals surface area contributed by atoms with Crippen molar-refractivity contribution in [2.45, 2.75) is 52.0 Å². The highest BCUT2D eigenvalue weighted by Gasteiger charge is 2.21. The molecule has 3 heterocycles. The highest BCUT2D eigenvalue weighted by atomic mass is 16.5. The van der Waals surface area contributed by atoms with E-state index in [1.54, 1.807) is 0 Å². The second kappa shape index (κ2) is 7.23. The number of carbonyl (C=O) groups excluding carboxylic acids is 1. The number of fused-ring (bicyclic) bond motifs is 1. The molecule has 3 aromatic rings. The van der Waals surface area contributed by atoms with Crippen molar-refractivity contribution in [2.24, 2.45) is 5.92 Å². The van der Waals surface area contributed by atoms with Crippen molar-refractivity contribution in [3.8, 4) is 11.5 Å². The molecule has 1 amide bonds. The molecule has 0 bridgehead atoms. The van der Waals surface area contributed by atoms with Crippen LogP contribution in [0.3, 0.4) is 0 Å². The number of carbonyl (C=O) groups is 1. The Bertz CT molecular complexity index is 909. The zero-order valence-electron chi connectivity index (χ0n) is 14.8. The largest absolute Gasteiger partial charge is 0.349 e. The molecule has 8 heteroatoms. The van der Waals surface area contributed by atoms with Gasteiger partial charge in [-0.15, -0.1) is 10.2 Å². The van der Waals surface area contributed by atoms with E-state index in [0.29, 0.717) is 29.7 Å². The van der Waals surface area contributed by atoms with E-state index in [2.05, 4.69) is 25.7 Å². The van der Waals surface area contributed by atoms with Gasteiger partial charge in [0.2, 0.25) is 5.91 Å². The summed E-state index contributed by atoms with van der Waals surface area (Å²) in [6.45, 7) is 2.35. The first-order chi connectivity index (χ1) is 12.7. The lowest BCUT2D eigenvalue weighted by atomic mass is 9.89. The predicted octanol–water partition coefficient (Wildman–Crippen LogP) is 2.54. The van der Waals surface area contributed by atoms with Crippen LogP contribution in [-0.2, 0) is 17.8 Å². The number of nitrogens with zero attached hydrogens (tertiary/aromatic N) is 5. The smallest absolute Gasteiger partial charge is 0.258 e. The molecule has 1 N–H and O–H groups in total. The third kappa shape index (κ3) is 3.31. The van der Waals surface area contributed by atoms with Gasteiger partial charge < -0.3 is 9.84 Å². The fraction of sp³-hybridized carbons (Fsp3) is 0.500. The van der Waals surface area contributed by atoms with E-state index in [9.17, 15) is 4.79 Å². The Kier molecular flexibility index (Phi) is 4.64. The number of rotatable bonds is 5. The van der Waals surface area contributed by atoms with Crippen molar-refractivity contribution in [1.82, 2.24) is 30.1 Å². The Hall–Kier alpha value is -2.77. The monoisotopic (exact) mass is 354 g/mol. The summed E-state index contributed by atoms with van der Waals surface area (Å²) in [4.78, 5) is 16.6. The third-order valence-electron chi connectivity index (χ3n) is 4.91. The lowest BCUT2D eigenvalue weighted by Gasteiger charge is -2.20. The Morgan fingerprint density at radius 2 is 2.15 bits per heavy atom. The van der Waals surface area contributed by atoms with Gasteiger partial charge in [0, 0.05) is 24.1 Å². The van der Waals surface area contributed by atoms with Gasteiger partial charge in [-0.1, -0.05) is 31.3 Å². The van der Waals surface area contributed by atoms with Gasteiger partial charge in [0.05, 0.1) is 6.54 Å². The molecular weight excluding hydrogens is 332 g/mol. The quantitative estimate of drug-likeness (QED) is 0.756. The highest BCUT2D eigenvalue weighted by Crippen LogP contribution is 2.24. The van der Waals surface area contributed by atoms with Gasteiger partial charge in [-0.05, 0) is 25.0 Å². The molecule has 0 spiro atoms. The van der Waals surface area contributed by atoms with Crippen LogP contribution >= 0.6 is 0 Å². The molecule has 1 aliphatic carbocycles. The van der Waals surface area contributed by atoms with Crippen LogP contribution in [0, 0.1) is 5.92 Å². The Morgan fingerprint density at radius 1 is 1.31 bits per heavy atom. The topological polar surface area (TPSA) is 98.2 Å². The molecule has 4 rings (SSSR count). The van der Waals surface area contributed by atoms with E-state index in [1.807, 2.05) is 29.7 Å². The van der Waals surface area contributed by atoms with Crippen molar-refractivity contribution in [2.75, 3.05) is 0 Å². The Labute approximate surface area is 151 Å². The molecule has 26 heavy (non-hydrogen) atoms. The van der Waals surface area contributed by atoms with Crippen molar-refractivity contribution in [1.29, 1.82) is 0 Å². The summed E-state index contributed by atoms with van der Waals surface area (Å²) in [6, 6.07) is 3.74. The molecule has 0 unspecified atom stereocenters. The predicted molar refractivity (Wildman–Crippen MR) is 94.1 cm³/mol. The summed E-state index contributed by atoms with van der Waals surface area (Å²) in [6.07, 6.45) is 8.08. The summed E-state index contributed by atoms with van der Waals surface area (Å²) in [7, 11) is 0. The fourth-order valence-electron chi connectivity index (χ4n) is 3.38. The lowest BCUT2D eigenvalue weighted by molar-refractivity contribution is -0.126. The third-order valence-corrected chi connectivity index (χ3v) is 4.91. The number of aryl methyl sites for hydroxylation is 1. The van der Waals surface area contributed by atoms with Gasteiger partial charge in [-0.25, -0.2) is 0 Å². The molecule has 1 saturated carbocycles. The molecule has 136 valence electrons. The lowest BCUT2D eigenvalue weighted by Crippen LogP contribution is -2.32. The highest BCUT2D eigenvalue weighted by molar-refractivity contribution is 5.78. The molecule has 0 radical (unpaired) electrons. The number of pyridine rings is 1. The van der Waals surface area contributed by atoms with Gasteiger partial charge in [0.1, 0.15) is 0 Å². The second-order valence-corrected chi connectivity index (χ2v) is 6.68. The summed E-state index contributed by atoms with van der Waals surface area (Å²) < 4.78 is 7.13. The van der Waals surface area contributed by atoms with Crippen LogP contribution in [0.5, 0.6) is 0 Å². The number of hydrogen-bond acceptors (Lipinski definition) is 6. The molecule has 8 nitrogen and oxygen atoms in total. The molecule has 0 aromatic carbocycles. The van der Waals surface area contributed by atoms with Crippen molar-refractivity contribution < 1.29 is 9.32 Å². The summed E-state index contributed by atoms with van der Waals surface area (Å²) in [5, 5.41) is 15.3. The first-order valence-corrected chi connectivity index (χ1v) is 9.19. The molecule has 0 atom stereocenters. The number of nitrogens with one attached hydrogen (secondary N) is 1. The SMILES string of the molecule is CCc1noc(-c2ccn3c(CNC(=O)C4CCCCC4)nnc3c2)n1. The molecule has 0 saturated heterocycles. The maximum Gasteiger partial charge on any atom is 0.258 e.